The lowest BCUT2D eigenvalue weighted by molar-refractivity contribution is -0.118. The van der Waals surface area contributed by atoms with Gasteiger partial charge in [-0.2, -0.15) is 0 Å². The van der Waals surface area contributed by atoms with Gasteiger partial charge in [-0.15, -0.1) is 0 Å². The van der Waals surface area contributed by atoms with E-state index in [0.29, 0.717) is 26.9 Å². The molecule has 2 N–H and O–H groups in total. The number of halogens is 2. The van der Waals surface area contributed by atoms with E-state index in [1.54, 1.807) is 19.2 Å². The van der Waals surface area contributed by atoms with Gasteiger partial charge in [0, 0.05) is 5.02 Å². The number of carbonyl (C=O) groups excluding carboxylic acids is 1. The zero-order valence-corrected chi connectivity index (χ0v) is 13.1. The average Bonchev–Trinajstić information content (AvgIpc) is 2.75. The summed E-state index contributed by atoms with van der Waals surface area (Å²) in [6, 6.07) is 3.25. The first-order valence-electron chi connectivity index (χ1n) is 6.10. The molecule has 19 heavy (non-hydrogen) atoms. The van der Waals surface area contributed by atoms with Gasteiger partial charge in [0.2, 0.25) is 5.91 Å². The SMILES string of the molecule is COc1c(Br)cc(Cl)cc1NC(=O)C1NCCC1C. The Morgan fingerprint density at radius 1 is 1.58 bits per heavy atom. The molecule has 1 aliphatic heterocycles. The fourth-order valence-corrected chi connectivity index (χ4v) is 3.23. The van der Waals surface area contributed by atoms with Crippen LogP contribution in [0, 0.1) is 5.92 Å². The highest BCUT2D eigenvalue weighted by Crippen LogP contribution is 2.36. The highest BCUT2D eigenvalue weighted by Gasteiger charge is 2.29. The molecule has 0 radical (unpaired) electrons. The molecule has 104 valence electrons. The number of rotatable bonds is 3. The summed E-state index contributed by atoms with van der Waals surface area (Å²) in [7, 11) is 1.56. The molecule has 0 aliphatic carbocycles. The summed E-state index contributed by atoms with van der Waals surface area (Å²) in [4.78, 5) is 12.2. The topological polar surface area (TPSA) is 50.4 Å². The maximum atomic E-state index is 12.2. The number of benzene rings is 1. The number of methoxy groups -OCH3 is 1. The second kappa shape index (κ2) is 6.11. The summed E-state index contributed by atoms with van der Waals surface area (Å²) in [5.74, 6) is 0.842. The van der Waals surface area contributed by atoms with Gasteiger partial charge >= 0.3 is 0 Å². The molecule has 2 unspecified atom stereocenters. The van der Waals surface area contributed by atoms with E-state index in [9.17, 15) is 4.79 Å². The van der Waals surface area contributed by atoms with Gasteiger partial charge in [-0.1, -0.05) is 18.5 Å². The first-order chi connectivity index (χ1) is 9.02. The van der Waals surface area contributed by atoms with Crippen LogP contribution in [-0.2, 0) is 4.79 Å². The van der Waals surface area contributed by atoms with Crippen molar-refractivity contribution in [3.8, 4) is 5.75 Å². The minimum absolute atomic E-state index is 0.0579. The van der Waals surface area contributed by atoms with Crippen molar-refractivity contribution in [2.45, 2.75) is 19.4 Å². The van der Waals surface area contributed by atoms with Crippen molar-refractivity contribution in [3.63, 3.8) is 0 Å². The Hall–Kier alpha value is -0.780. The highest BCUT2D eigenvalue weighted by atomic mass is 79.9. The molecule has 0 bridgehead atoms. The van der Waals surface area contributed by atoms with Crippen LogP contribution in [-0.4, -0.2) is 25.6 Å². The maximum Gasteiger partial charge on any atom is 0.241 e. The van der Waals surface area contributed by atoms with Crippen molar-refractivity contribution in [1.82, 2.24) is 5.32 Å². The van der Waals surface area contributed by atoms with E-state index in [1.165, 1.54) is 0 Å². The van der Waals surface area contributed by atoms with Crippen molar-refractivity contribution >= 4 is 39.1 Å². The van der Waals surface area contributed by atoms with Gasteiger partial charge in [-0.3, -0.25) is 4.79 Å². The molecule has 1 fully saturated rings. The Kier molecular flexibility index (Phi) is 4.71. The first kappa shape index (κ1) is 14.6. The summed E-state index contributed by atoms with van der Waals surface area (Å²) in [5, 5.41) is 6.61. The molecular weight excluding hydrogens is 332 g/mol. The van der Waals surface area contributed by atoms with E-state index >= 15 is 0 Å². The summed E-state index contributed by atoms with van der Waals surface area (Å²) < 4.78 is 5.99. The molecule has 0 aromatic heterocycles. The van der Waals surface area contributed by atoms with Crippen LogP contribution >= 0.6 is 27.5 Å². The molecule has 2 rings (SSSR count). The van der Waals surface area contributed by atoms with Crippen molar-refractivity contribution in [1.29, 1.82) is 0 Å². The predicted octanol–water partition coefficient (Wildman–Crippen LogP) is 3.05. The van der Waals surface area contributed by atoms with Gasteiger partial charge in [0.1, 0.15) is 0 Å². The molecular formula is C13H16BrClN2O2. The summed E-state index contributed by atoms with van der Waals surface area (Å²) in [6.07, 6.45) is 1.01. The third-order valence-electron chi connectivity index (χ3n) is 3.29. The normalized spacial score (nSPS) is 22.3. The molecule has 1 aliphatic rings. The molecule has 0 saturated carbocycles. The van der Waals surface area contributed by atoms with Crippen molar-refractivity contribution < 1.29 is 9.53 Å². The van der Waals surface area contributed by atoms with Crippen LogP contribution in [0.4, 0.5) is 5.69 Å². The average molecular weight is 348 g/mol. The molecule has 1 aromatic carbocycles. The third-order valence-corrected chi connectivity index (χ3v) is 4.09. The third kappa shape index (κ3) is 3.22. The van der Waals surface area contributed by atoms with Gasteiger partial charge in [0.05, 0.1) is 23.3 Å². The van der Waals surface area contributed by atoms with Crippen LogP contribution in [0.1, 0.15) is 13.3 Å². The second-order valence-electron chi connectivity index (χ2n) is 4.66. The predicted molar refractivity (Wildman–Crippen MR) is 79.9 cm³/mol. The Bertz CT molecular complexity index is 496. The Labute approximate surface area is 126 Å². The lowest BCUT2D eigenvalue weighted by atomic mass is 10.0. The molecule has 1 saturated heterocycles. The number of amides is 1. The standard InChI is InChI=1S/C13H16BrClN2O2/c1-7-3-4-16-11(7)13(18)17-10-6-8(15)5-9(14)12(10)19-2/h5-7,11,16H,3-4H2,1-2H3,(H,17,18). The van der Waals surface area contributed by atoms with Crippen LogP contribution < -0.4 is 15.4 Å². The van der Waals surface area contributed by atoms with E-state index in [2.05, 4.69) is 33.5 Å². The van der Waals surface area contributed by atoms with Crippen molar-refractivity contribution in [2.24, 2.45) is 5.92 Å². The maximum absolute atomic E-state index is 12.2. The fraction of sp³-hybridized carbons (Fsp3) is 0.462. The first-order valence-corrected chi connectivity index (χ1v) is 7.27. The van der Waals surface area contributed by atoms with E-state index in [1.807, 2.05) is 0 Å². The van der Waals surface area contributed by atoms with E-state index in [0.717, 1.165) is 13.0 Å². The van der Waals surface area contributed by atoms with Crippen LogP contribution in [0.25, 0.3) is 0 Å². The zero-order chi connectivity index (χ0) is 14.0. The Balaban J connectivity index is 2.20. The van der Waals surface area contributed by atoms with Crippen LogP contribution in [0.15, 0.2) is 16.6 Å². The molecule has 6 heteroatoms. The number of hydrogen-bond donors (Lipinski definition) is 2. The molecule has 0 spiro atoms. The van der Waals surface area contributed by atoms with Gasteiger partial charge < -0.3 is 15.4 Å². The zero-order valence-electron chi connectivity index (χ0n) is 10.8. The Morgan fingerprint density at radius 3 is 2.89 bits per heavy atom. The van der Waals surface area contributed by atoms with E-state index < -0.39 is 0 Å². The molecule has 1 aromatic rings. The van der Waals surface area contributed by atoms with E-state index in [-0.39, 0.29) is 11.9 Å². The second-order valence-corrected chi connectivity index (χ2v) is 5.95. The number of carbonyl (C=O) groups is 1. The lowest BCUT2D eigenvalue weighted by Crippen LogP contribution is -2.39. The molecule has 4 nitrogen and oxygen atoms in total. The molecule has 2 atom stereocenters. The largest absolute Gasteiger partial charge is 0.493 e. The van der Waals surface area contributed by atoms with Gasteiger partial charge in [-0.05, 0) is 46.9 Å². The van der Waals surface area contributed by atoms with Crippen molar-refractivity contribution in [3.05, 3.63) is 21.6 Å². The number of nitrogens with one attached hydrogen (secondary N) is 2. The van der Waals surface area contributed by atoms with Gasteiger partial charge in [0.25, 0.3) is 0 Å². The number of hydrogen-bond acceptors (Lipinski definition) is 3. The summed E-state index contributed by atoms with van der Waals surface area (Å²) >= 11 is 9.37. The lowest BCUT2D eigenvalue weighted by Gasteiger charge is -2.17. The number of anilines is 1. The van der Waals surface area contributed by atoms with Crippen molar-refractivity contribution in [2.75, 3.05) is 19.0 Å². The molecule has 1 heterocycles. The summed E-state index contributed by atoms with van der Waals surface area (Å²) in [6.45, 7) is 2.94. The van der Waals surface area contributed by atoms with Crippen LogP contribution in [0.2, 0.25) is 5.02 Å². The highest BCUT2D eigenvalue weighted by molar-refractivity contribution is 9.10. The Morgan fingerprint density at radius 2 is 2.32 bits per heavy atom. The van der Waals surface area contributed by atoms with E-state index in [4.69, 9.17) is 16.3 Å². The number of ether oxygens (including phenoxy) is 1. The quantitative estimate of drug-likeness (QED) is 0.883. The van der Waals surface area contributed by atoms with Gasteiger partial charge in [0.15, 0.2) is 5.75 Å². The smallest absolute Gasteiger partial charge is 0.241 e. The van der Waals surface area contributed by atoms with Crippen LogP contribution in [0.5, 0.6) is 5.75 Å². The van der Waals surface area contributed by atoms with Gasteiger partial charge in [-0.25, -0.2) is 0 Å². The molecule has 1 amide bonds. The van der Waals surface area contributed by atoms with Crippen LogP contribution in [0.3, 0.4) is 0 Å². The fourth-order valence-electron chi connectivity index (χ4n) is 2.26. The summed E-state index contributed by atoms with van der Waals surface area (Å²) in [5.41, 5.74) is 0.577. The minimum atomic E-state index is -0.164. The monoisotopic (exact) mass is 346 g/mol. The minimum Gasteiger partial charge on any atom is -0.493 e.